The first kappa shape index (κ1) is 15.7. The van der Waals surface area contributed by atoms with Crippen LogP contribution in [0.25, 0.3) is 0 Å². The predicted octanol–water partition coefficient (Wildman–Crippen LogP) is 3.13. The third-order valence-electron chi connectivity index (χ3n) is 3.15. The van der Waals surface area contributed by atoms with Crippen molar-refractivity contribution in [2.75, 3.05) is 6.54 Å². The van der Waals surface area contributed by atoms with Crippen LogP contribution < -0.4 is 4.72 Å². The van der Waals surface area contributed by atoms with Crippen molar-refractivity contribution in [3.63, 3.8) is 0 Å². The molecule has 0 amide bonds. The van der Waals surface area contributed by atoms with Gasteiger partial charge < -0.3 is 0 Å². The molecule has 5 heteroatoms. The summed E-state index contributed by atoms with van der Waals surface area (Å²) in [6.07, 6.45) is 2.60. The molecule has 0 heterocycles. The lowest BCUT2D eigenvalue weighted by Crippen LogP contribution is -2.24. The second-order valence-electron chi connectivity index (χ2n) is 4.79. The van der Waals surface area contributed by atoms with E-state index in [2.05, 4.69) is 16.9 Å². The standard InChI is InChI=1S/C16H18FNO2S/c17-15-9-11-16(12-10-15)21(19,20)18-13-5-4-8-14-6-2-1-3-7-14/h1-3,6-7,9-12,18H,4-5,8,13H2. The molecule has 0 bridgehead atoms. The Kier molecular flexibility index (Phi) is 5.47. The average Bonchev–Trinajstić information content (AvgIpc) is 2.48. The normalized spacial score (nSPS) is 11.5. The Morgan fingerprint density at radius 3 is 2.24 bits per heavy atom. The van der Waals surface area contributed by atoms with Crippen molar-refractivity contribution in [2.45, 2.75) is 24.2 Å². The van der Waals surface area contributed by atoms with Gasteiger partial charge in [0.1, 0.15) is 5.82 Å². The van der Waals surface area contributed by atoms with Crippen molar-refractivity contribution in [3.05, 3.63) is 66.0 Å². The summed E-state index contributed by atoms with van der Waals surface area (Å²) in [5.41, 5.74) is 1.25. The number of benzene rings is 2. The minimum Gasteiger partial charge on any atom is -0.211 e. The Balaban J connectivity index is 1.76. The van der Waals surface area contributed by atoms with Gasteiger partial charge in [-0.15, -0.1) is 0 Å². The van der Waals surface area contributed by atoms with Gasteiger partial charge in [0.25, 0.3) is 0 Å². The van der Waals surface area contributed by atoms with Crippen molar-refractivity contribution in [1.82, 2.24) is 4.72 Å². The zero-order valence-electron chi connectivity index (χ0n) is 11.6. The molecule has 0 radical (unpaired) electrons. The SMILES string of the molecule is O=S(=O)(NCCCCc1ccccc1)c1ccc(F)cc1. The van der Waals surface area contributed by atoms with Gasteiger partial charge in [-0.2, -0.15) is 0 Å². The van der Waals surface area contributed by atoms with Gasteiger partial charge in [-0.25, -0.2) is 17.5 Å². The van der Waals surface area contributed by atoms with Crippen LogP contribution >= 0.6 is 0 Å². The van der Waals surface area contributed by atoms with E-state index in [9.17, 15) is 12.8 Å². The molecule has 112 valence electrons. The number of nitrogens with one attached hydrogen (secondary N) is 1. The van der Waals surface area contributed by atoms with Gasteiger partial charge in [0.2, 0.25) is 10.0 Å². The molecular weight excluding hydrogens is 289 g/mol. The molecule has 0 fully saturated rings. The van der Waals surface area contributed by atoms with Gasteiger partial charge in [0.15, 0.2) is 0 Å². The number of sulfonamides is 1. The highest BCUT2D eigenvalue weighted by Gasteiger charge is 2.12. The molecular formula is C16H18FNO2S. The van der Waals surface area contributed by atoms with Crippen molar-refractivity contribution in [3.8, 4) is 0 Å². The first-order valence-electron chi connectivity index (χ1n) is 6.87. The molecule has 0 unspecified atom stereocenters. The number of unbranched alkanes of at least 4 members (excludes halogenated alkanes) is 1. The third kappa shape index (κ3) is 4.95. The van der Waals surface area contributed by atoms with Gasteiger partial charge in [0.05, 0.1) is 4.90 Å². The zero-order valence-corrected chi connectivity index (χ0v) is 12.4. The maximum atomic E-state index is 12.8. The van der Waals surface area contributed by atoms with Crippen LogP contribution in [-0.4, -0.2) is 15.0 Å². The minimum absolute atomic E-state index is 0.0898. The largest absolute Gasteiger partial charge is 0.240 e. The molecule has 0 spiro atoms. The van der Waals surface area contributed by atoms with Crippen LogP contribution in [0.2, 0.25) is 0 Å². The lowest BCUT2D eigenvalue weighted by Gasteiger charge is -2.06. The summed E-state index contributed by atoms with van der Waals surface area (Å²) >= 11 is 0. The van der Waals surface area contributed by atoms with E-state index in [-0.39, 0.29) is 4.90 Å². The predicted molar refractivity (Wildman–Crippen MR) is 81.0 cm³/mol. The van der Waals surface area contributed by atoms with Gasteiger partial charge in [0, 0.05) is 6.54 Å². The first-order chi connectivity index (χ1) is 10.1. The molecule has 0 atom stereocenters. The Labute approximate surface area is 124 Å². The quantitative estimate of drug-likeness (QED) is 0.799. The summed E-state index contributed by atoms with van der Waals surface area (Å²) in [6, 6.07) is 14.9. The maximum absolute atomic E-state index is 12.8. The fourth-order valence-corrected chi connectivity index (χ4v) is 3.08. The van der Waals surface area contributed by atoms with E-state index >= 15 is 0 Å². The second kappa shape index (κ2) is 7.33. The van der Waals surface area contributed by atoms with E-state index < -0.39 is 15.8 Å². The van der Waals surface area contributed by atoms with Gasteiger partial charge >= 0.3 is 0 Å². The Morgan fingerprint density at radius 2 is 1.57 bits per heavy atom. The molecule has 0 aliphatic heterocycles. The zero-order chi connectivity index (χ0) is 15.1. The highest BCUT2D eigenvalue weighted by molar-refractivity contribution is 7.89. The molecule has 3 nitrogen and oxygen atoms in total. The average molecular weight is 307 g/mol. The van der Waals surface area contributed by atoms with E-state index in [0.29, 0.717) is 6.54 Å². The molecule has 0 saturated heterocycles. The lowest BCUT2D eigenvalue weighted by molar-refractivity contribution is 0.576. The fourth-order valence-electron chi connectivity index (χ4n) is 2.00. The van der Waals surface area contributed by atoms with Gasteiger partial charge in [-0.3, -0.25) is 0 Å². The summed E-state index contributed by atoms with van der Waals surface area (Å²) in [7, 11) is -3.54. The Bertz CT molecular complexity index is 654. The van der Waals surface area contributed by atoms with E-state index in [1.54, 1.807) is 0 Å². The second-order valence-corrected chi connectivity index (χ2v) is 6.56. The highest BCUT2D eigenvalue weighted by Crippen LogP contribution is 2.10. The number of hydrogen-bond acceptors (Lipinski definition) is 2. The van der Waals surface area contributed by atoms with Crippen molar-refractivity contribution in [1.29, 1.82) is 0 Å². The summed E-state index contributed by atoms with van der Waals surface area (Å²) in [5, 5.41) is 0. The fraction of sp³-hybridized carbons (Fsp3) is 0.250. The number of rotatable bonds is 7. The molecule has 1 N–H and O–H groups in total. The topological polar surface area (TPSA) is 46.2 Å². The summed E-state index contributed by atoms with van der Waals surface area (Å²) in [5.74, 6) is -0.447. The van der Waals surface area contributed by atoms with Crippen LogP contribution in [0.4, 0.5) is 4.39 Å². The van der Waals surface area contributed by atoms with Crippen LogP contribution in [0.5, 0.6) is 0 Å². The van der Waals surface area contributed by atoms with E-state index in [0.717, 1.165) is 31.4 Å². The highest BCUT2D eigenvalue weighted by atomic mass is 32.2. The van der Waals surface area contributed by atoms with Gasteiger partial charge in [-0.05, 0) is 49.1 Å². The molecule has 2 rings (SSSR count). The van der Waals surface area contributed by atoms with Gasteiger partial charge in [-0.1, -0.05) is 30.3 Å². The Morgan fingerprint density at radius 1 is 0.905 bits per heavy atom. The van der Waals surface area contributed by atoms with E-state index in [4.69, 9.17) is 0 Å². The molecule has 2 aromatic rings. The van der Waals surface area contributed by atoms with Crippen molar-refractivity contribution < 1.29 is 12.8 Å². The van der Waals surface area contributed by atoms with E-state index in [1.165, 1.54) is 17.7 Å². The van der Waals surface area contributed by atoms with Crippen LogP contribution in [0.1, 0.15) is 18.4 Å². The monoisotopic (exact) mass is 307 g/mol. The third-order valence-corrected chi connectivity index (χ3v) is 4.63. The summed E-state index contributed by atoms with van der Waals surface area (Å²) in [4.78, 5) is 0.0898. The van der Waals surface area contributed by atoms with Crippen LogP contribution in [0.3, 0.4) is 0 Å². The number of halogens is 1. The van der Waals surface area contributed by atoms with Crippen molar-refractivity contribution in [2.24, 2.45) is 0 Å². The molecule has 21 heavy (non-hydrogen) atoms. The van der Waals surface area contributed by atoms with Crippen molar-refractivity contribution >= 4 is 10.0 Å². The summed E-state index contributed by atoms with van der Waals surface area (Å²) in [6.45, 7) is 0.381. The van der Waals surface area contributed by atoms with Crippen LogP contribution in [0.15, 0.2) is 59.5 Å². The van der Waals surface area contributed by atoms with E-state index in [1.807, 2.05) is 18.2 Å². The minimum atomic E-state index is -3.54. The summed E-state index contributed by atoms with van der Waals surface area (Å²) < 4.78 is 39.2. The molecule has 2 aromatic carbocycles. The Hall–Kier alpha value is -1.72. The molecule has 0 aromatic heterocycles. The van der Waals surface area contributed by atoms with Crippen LogP contribution in [0, 0.1) is 5.82 Å². The van der Waals surface area contributed by atoms with Crippen LogP contribution in [-0.2, 0) is 16.4 Å². The molecule has 0 aliphatic carbocycles. The number of aryl methyl sites for hydroxylation is 1. The first-order valence-corrected chi connectivity index (χ1v) is 8.35. The molecule has 0 saturated carbocycles. The maximum Gasteiger partial charge on any atom is 0.240 e. The lowest BCUT2D eigenvalue weighted by atomic mass is 10.1. The number of hydrogen-bond donors (Lipinski definition) is 1. The molecule has 0 aliphatic rings. The smallest absolute Gasteiger partial charge is 0.211 e.